The van der Waals surface area contributed by atoms with E-state index in [1.165, 1.54) is 16.7 Å². The first-order valence-corrected chi connectivity index (χ1v) is 7.12. The molecule has 0 saturated heterocycles. The summed E-state index contributed by atoms with van der Waals surface area (Å²) in [5.74, 6) is -2.92. The first-order valence-electron chi connectivity index (χ1n) is 7.12. The summed E-state index contributed by atoms with van der Waals surface area (Å²) in [6.07, 6.45) is 4.79. The Labute approximate surface area is 131 Å². The number of hydrogen-bond acceptors (Lipinski definition) is 2. The Morgan fingerprint density at radius 1 is 1.13 bits per heavy atom. The molecule has 118 valence electrons. The molecular formula is C17H14FNO4. The van der Waals surface area contributed by atoms with Gasteiger partial charge in [0.2, 0.25) is 0 Å². The minimum atomic E-state index is -1.28. The van der Waals surface area contributed by atoms with Crippen LogP contribution in [0.2, 0.25) is 0 Å². The monoisotopic (exact) mass is 315 g/mol. The quantitative estimate of drug-likeness (QED) is 0.909. The number of carboxylic acids is 2. The molecule has 1 aromatic carbocycles. The summed E-state index contributed by atoms with van der Waals surface area (Å²) in [6, 6.07) is 5.71. The number of hydrogen-bond donors (Lipinski definition) is 2. The Balaban J connectivity index is 2.18. The van der Waals surface area contributed by atoms with Crippen molar-refractivity contribution in [3.05, 3.63) is 64.2 Å². The van der Waals surface area contributed by atoms with Crippen LogP contribution in [0, 0.1) is 5.82 Å². The molecule has 2 aromatic rings. The average Bonchev–Trinajstić information content (AvgIpc) is 2.84. The van der Waals surface area contributed by atoms with Crippen LogP contribution in [-0.4, -0.2) is 26.7 Å². The molecule has 2 N–H and O–H groups in total. The topological polar surface area (TPSA) is 79.5 Å². The first kappa shape index (κ1) is 15.0. The van der Waals surface area contributed by atoms with E-state index in [2.05, 4.69) is 0 Å². The number of aromatic nitrogens is 1. The molecule has 0 atom stereocenters. The van der Waals surface area contributed by atoms with Gasteiger partial charge in [0.1, 0.15) is 11.5 Å². The van der Waals surface area contributed by atoms with E-state index in [-0.39, 0.29) is 23.6 Å². The lowest BCUT2D eigenvalue weighted by molar-refractivity contribution is 0.0644. The number of carbonyl (C=O) groups is 2. The summed E-state index contributed by atoms with van der Waals surface area (Å²) in [4.78, 5) is 23.2. The van der Waals surface area contributed by atoms with E-state index < -0.39 is 11.9 Å². The fourth-order valence-electron chi connectivity index (χ4n) is 2.94. The maximum absolute atomic E-state index is 13.0. The normalized spacial score (nSPS) is 12.9. The highest BCUT2D eigenvalue weighted by molar-refractivity contribution is 6.04. The van der Waals surface area contributed by atoms with Gasteiger partial charge in [-0.3, -0.25) is 0 Å². The molecule has 5 nitrogen and oxygen atoms in total. The minimum absolute atomic E-state index is 0.186. The molecule has 0 aliphatic heterocycles. The zero-order valence-electron chi connectivity index (χ0n) is 12.1. The fraction of sp³-hybridized carbons (Fsp3) is 0.176. The standard InChI is InChI=1S/C17H14FNO4/c18-11-7-5-10(6-8-11)9-19-13-4-2-1-3-12(13)14(16(20)21)15(19)17(22)23/h1,3,5-8H,2,4,9H2,(H,20,21)(H,22,23). The smallest absolute Gasteiger partial charge is 0.353 e. The number of allylic oxidation sites excluding steroid dienone is 1. The van der Waals surface area contributed by atoms with Crippen LogP contribution in [0.25, 0.3) is 6.08 Å². The van der Waals surface area contributed by atoms with E-state index in [9.17, 15) is 24.2 Å². The summed E-state index contributed by atoms with van der Waals surface area (Å²) in [5, 5.41) is 18.9. The Hall–Kier alpha value is -2.89. The van der Waals surface area contributed by atoms with Crippen LogP contribution < -0.4 is 0 Å². The zero-order chi connectivity index (χ0) is 16.6. The van der Waals surface area contributed by atoms with Gasteiger partial charge in [0.25, 0.3) is 0 Å². The van der Waals surface area contributed by atoms with Crippen molar-refractivity contribution in [2.45, 2.75) is 19.4 Å². The average molecular weight is 315 g/mol. The van der Waals surface area contributed by atoms with Gasteiger partial charge in [-0.25, -0.2) is 14.0 Å². The number of aromatic carboxylic acids is 2. The second-order valence-electron chi connectivity index (χ2n) is 5.35. The number of fused-ring (bicyclic) bond motifs is 1. The Morgan fingerprint density at radius 2 is 1.83 bits per heavy atom. The molecule has 1 aromatic heterocycles. The number of halogens is 1. The molecule has 0 saturated carbocycles. The molecule has 1 heterocycles. The Kier molecular flexibility index (Phi) is 3.73. The number of rotatable bonds is 4. The van der Waals surface area contributed by atoms with Crippen molar-refractivity contribution in [1.82, 2.24) is 4.57 Å². The van der Waals surface area contributed by atoms with E-state index in [1.807, 2.05) is 6.08 Å². The molecule has 23 heavy (non-hydrogen) atoms. The summed E-state index contributed by atoms with van der Waals surface area (Å²) in [6.45, 7) is 0.186. The van der Waals surface area contributed by atoms with Gasteiger partial charge in [0.15, 0.2) is 0 Å². The highest BCUT2D eigenvalue weighted by Crippen LogP contribution is 2.30. The SMILES string of the molecule is O=C(O)c1c2c(n(Cc3ccc(F)cc3)c1C(=O)O)CCC=C2. The Bertz CT molecular complexity index is 818. The van der Waals surface area contributed by atoms with Gasteiger partial charge in [-0.15, -0.1) is 0 Å². The van der Waals surface area contributed by atoms with Crippen LogP contribution in [0.15, 0.2) is 30.3 Å². The van der Waals surface area contributed by atoms with Crippen molar-refractivity contribution in [2.75, 3.05) is 0 Å². The van der Waals surface area contributed by atoms with Crippen LogP contribution in [0.5, 0.6) is 0 Å². The molecule has 0 amide bonds. The second kappa shape index (κ2) is 5.72. The lowest BCUT2D eigenvalue weighted by Gasteiger charge is -2.13. The molecule has 6 heteroatoms. The summed E-state index contributed by atoms with van der Waals surface area (Å²) >= 11 is 0. The minimum Gasteiger partial charge on any atom is -0.478 e. The summed E-state index contributed by atoms with van der Waals surface area (Å²) in [5.41, 5.74) is 1.41. The van der Waals surface area contributed by atoms with Crippen molar-refractivity contribution >= 4 is 18.0 Å². The van der Waals surface area contributed by atoms with Crippen LogP contribution in [0.1, 0.15) is 44.1 Å². The number of benzene rings is 1. The lowest BCUT2D eigenvalue weighted by atomic mass is 10.0. The molecule has 0 fully saturated rings. The van der Waals surface area contributed by atoms with Gasteiger partial charge < -0.3 is 14.8 Å². The van der Waals surface area contributed by atoms with Crippen molar-refractivity contribution in [3.63, 3.8) is 0 Å². The Morgan fingerprint density at radius 3 is 2.43 bits per heavy atom. The predicted molar refractivity (Wildman–Crippen MR) is 81.2 cm³/mol. The molecular weight excluding hydrogens is 301 g/mol. The summed E-state index contributed by atoms with van der Waals surface area (Å²) in [7, 11) is 0. The number of carboxylic acid groups (broad SMARTS) is 2. The largest absolute Gasteiger partial charge is 0.478 e. The molecule has 0 unspecified atom stereocenters. The lowest BCUT2D eigenvalue weighted by Crippen LogP contribution is -2.15. The van der Waals surface area contributed by atoms with Crippen molar-refractivity contribution in [1.29, 1.82) is 0 Å². The highest BCUT2D eigenvalue weighted by Gasteiger charge is 2.30. The summed E-state index contributed by atoms with van der Waals surface area (Å²) < 4.78 is 14.5. The second-order valence-corrected chi connectivity index (χ2v) is 5.35. The molecule has 1 aliphatic rings. The predicted octanol–water partition coefficient (Wildman–Crippen LogP) is 3.03. The molecule has 1 aliphatic carbocycles. The maximum Gasteiger partial charge on any atom is 0.353 e. The van der Waals surface area contributed by atoms with Crippen LogP contribution in [0.3, 0.4) is 0 Å². The van der Waals surface area contributed by atoms with Crippen LogP contribution in [-0.2, 0) is 13.0 Å². The van der Waals surface area contributed by atoms with E-state index >= 15 is 0 Å². The molecule has 0 spiro atoms. The van der Waals surface area contributed by atoms with Gasteiger partial charge in [-0.05, 0) is 30.5 Å². The third-order valence-corrected chi connectivity index (χ3v) is 3.92. The molecule has 3 rings (SSSR count). The third kappa shape index (κ3) is 2.63. The first-order chi connectivity index (χ1) is 11.0. The maximum atomic E-state index is 13.0. The van der Waals surface area contributed by atoms with Gasteiger partial charge in [-0.1, -0.05) is 24.3 Å². The van der Waals surface area contributed by atoms with Crippen molar-refractivity contribution in [3.8, 4) is 0 Å². The van der Waals surface area contributed by atoms with Crippen molar-refractivity contribution < 1.29 is 24.2 Å². The highest BCUT2D eigenvalue weighted by atomic mass is 19.1. The third-order valence-electron chi connectivity index (χ3n) is 3.92. The van der Waals surface area contributed by atoms with Gasteiger partial charge >= 0.3 is 11.9 Å². The van der Waals surface area contributed by atoms with E-state index in [0.717, 1.165) is 6.42 Å². The van der Waals surface area contributed by atoms with Gasteiger partial charge in [0, 0.05) is 17.8 Å². The van der Waals surface area contributed by atoms with Crippen LogP contribution >= 0.6 is 0 Å². The van der Waals surface area contributed by atoms with Crippen molar-refractivity contribution in [2.24, 2.45) is 0 Å². The van der Waals surface area contributed by atoms with E-state index in [0.29, 0.717) is 23.2 Å². The van der Waals surface area contributed by atoms with Gasteiger partial charge in [0.05, 0.1) is 5.56 Å². The zero-order valence-corrected chi connectivity index (χ0v) is 12.1. The number of nitrogens with zero attached hydrogens (tertiary/aromatic N) is 1. The van der Waals surface area contributed by atoms with Gasteiger partial charge in [-0.2, -0.15) is 0 Å². The molecule has 0 bridgehead atoms. The fourth-order valence-corrected chi connectivity index (χ4v) is 2.94. The van der Waals surface area contributed by atoms with E-state index in [4.69, 9.17) is 0 Å². The molecule has 0 radical (unpaired) electrons. The van der Waals surface area contributed by atoms with Crippen LogP contribution in [0.4, 0.5) is 4.39 Å². The van der Waals surface area contributed by atoms with E-state index in [1.54, 1.807) is 18.2 Å².